The van der Waals surface area contributed by atoms with Crippen LogP contribution in [0.2, 0.25) is 0 Å². The fraction of sp³-hybridized carbons (Fsp3) is 0.267. The number of ether oxygens (including phenoxy) is 1. The van der Waals surface area contributed by atoms with Crippen LogP contribution in [-0.2, 0) is 10.0 Å². The zero-order valence-corrected chi connectivity index (χ0v) is 18.7. The molecule has 0 aliphatic carbocycles. The molecule has 1 aromatic carbocycles. The predicted octanol–water partition coefficient (Wildman–Crippen LogP) is 4.03. The van der Waals surface area contributed by atoms with Crippen LogP contribution in [0.3, 0.4) is 0 Å². The van der Waals surface area contributed by atoms with E-state index < -0.39 is 37.9 Å². The molecule has 0 aliphatic heterocycles. The number of carbonyl (C=O) groups is 1. The number of sulfonamides is 1. The average Bonchev–Trinajstić information content (AvgIpc) is 2.54. The highest BCUT2D eigenvalue weighted by molar-refractivity contribution is 9.10. The number of amides is 2. The molecule has 0 aliphatic rings. The lowest BCUT2D eigenvalue weighted by atomic mass is 10.3. The lowest BCUT2D eigenvalue weighted by Crippen LogP contribution is -2.35. The Balaban J connectivity index is 2.23. The third-order valence-electron chi connectivity index (χ3n) is 3.13. The van der Waals surface area contributed by atoms with E-state index in [1.807, 2.05) is 0 Å². The quantitative estimate of drug-likeness (QED) is 0.515. The zero-order chi connectivity index (χ0) is 22.0. The van der Waals surface area contributed by atoms with Gasteiger partial charge in [0.05, 0.1) is 0 Å². The van der Waals surface area contributed by atoms with Crippen LogP contribution in [0.5, 0.6) is 5.75 Å². The molecule has 2 aromatic rings. The van der Waals surface area contributed by atoms with E-state index in [1.54, 1.807) is 24.6 Å². The monoisotopic (exact) mass is 560 g/mol. The Hall–Kier alpha value is -1.93. The van der Waals surface area contributed by atoms with Crippen molar-refractivity contribution in [2.45, 2.75) is 29.9 Å². The van der Waals surface area contributed by atoms with E-state index in [-0.39, 0.29) is 10.4 Å². The van der Waals surface area contributed by atoms with E-state index in [4.69, 9.17) is 0 Å². The summed E-state index contributed by atoms with van der Waals surface area (Å²) in [4.78, 5) is 19.3. The Morgan fingerprint density at radius 3 is 2.34 bits per heavy atom. The van der Waals surface area contributed by atoms with Crippen LogP contribution in [0, 0.1) is 13.8 Å². The average molecular weight is 562 g/mol. The van der Waals surface area contributed by atoms with Crippen molar-refractivity contribution in [1.82, 2.24) is 14.7 Å². The van der Waals surface area contributed by atoms with Crippen LogP contribution < -0.4 is 14.8 Å². The summed E-state index contributed by atoms with van der Waals surface area (Å²) in [6.45, 7) is 3.31. The number of anilines is 1. The van der Waals surface area contributed by atoms with E-state index in [2.05, 4.69) is 51.9 Å². The molecule has 2 N–H and O–H groups in total. The Bertz CT molecular complexity index is 1020. The third kappa shape index (κ3) is 6.27. The summed E-state index contributed by atoms with van der Waals surface area (Å²) in [6, 6.07) is 3.26. The second-order valence-corrected chi connectivity index (χ2v) is 8.90. The molecule has 8 nitrogen and oxygen atoms in total. The molecule has 0 fully saturated rings. The molecule has 1 heterocycles. The number of hydrogen-bond donors (Lipinski definition) is 2. The maximum Gasteiger partial charge on any atom is 0.440 e. The number of aromatic nitrogens is 2. The number of nitrogens with one attached hydrogen (secondary N) is 2. The number of halogens is 5. The van der Waals surface area contributed by atoms with Gasteiger partial charge in [0.2, 0.25) is 5.95 Å². The van der Waals surface area contributed by atoms with Gasteiger partial charge in [0.15, 0.2) is 0 Å². The van der Waals surface area contributed by atoms with E-state index in [0.29, 0.717) is 17.5 Å². The first-order chi connectivity index (χ1) is 13.3. The third-order valence-corrected chi connectivity index (χ3v) is 5.99. The molecule has 1 unspecified atom stereocenters. The number of aryl methyl sites for hydroxylation is 2. The topological polar surface area (TPSA) is 110 Å². The largest absolute Gasteiger partial charge is 0.440 e. The zero-order valence-electron chi connectivity index (χ0n) is 14.7. The summed E-state index contributed by atoms with van der Waals surface area (Å²) in [5.74, 6) is -0.768. The number of alkyl halides is 4. The highest BCUT2D eigenvalue weighted by Gasteiger charge is 2.41. The van der Waals surface area contributed by atoms with Gasteiger partial charge in [0.1, 0.15) is 10.6 Å². The summed E-state index contributed by atoms with van der Waals surface area (Å²) in [5, 5.41) is -0.656. The van der Waals surface area contributed by atoms with Gasteiger partial charge in [-0.2, -0.15) is 8.78 Å². The van der Waals surface area contributed by atoms with Crippen molar-refractivity contribution in [3.05, 3.63) is 40.1 Å². The molecule has 2 rings (SSSR count). The molecule has 1 atom stereocenters. The molecule has 1 aromatic heterocycles. The molecular formula is C15H13Br2F3N4O4S. The molecule has 0 spiro atoms. The number of hydrogen-bond acceptors (Lipinski definition) is 6. The summed E-state index contributed by atoms with van der Waals surface area (Å²) < 4.78 is 70.4. The molecular weight excluding hydrogens is 549 g/mol. The van der Waals surface area contributed by atoms with Gasteiger partial charge in [-0.05, 0) is 63.9 Å². The number of carbonyl (C=O) groups excluding carboxylic acids is 1. The van der Waals surface area contributed by atoms with Crippen molar-refractivity contribution < 1.29 is 31.1 Å². The lowest BCUT2D eigenvalue weighted by molar-refractivity contribution is -0.195. The van der Waals surface area contributed by atoms with Crippen LogP contribution in [0.4, 0.5) is 23.9 Å². The summed E-state index contributed by atoms with van der Waals surface area (Å²) in [7, 11) is -4.52. The summed E-state index contributed by atoms with van der Waals surface area (Å²) >= 11 is 5.00. The summed E-state index contributed by atoms with van der Waals surface area (Å²) in [6.07, 6.45) is -4.25. The van der Waals surface area contributed by atoms with Gasteiger partial charge in [-0.1, -0.05) is 0 Å². The van der Waals surface area contributed by atoms with E-state index in [9.17, 15) is 26.4 Å². The smallest absolute Gasteiger partial charge is 0.430 e. The van der Waals surface area contributed by atoms with Gasteiger partial charge in [-0.15, -0.1) is 0 Å². The van der Waals surface area contributed by atoms with Crippen molar-refractivity contribution in [1.29, 1.82) is 0 Å². The highest BCUT2D eigenvalue weighted by atomic mass is 79.9. The number of nitrogens with zero attached hydrogens (tertiary/aromatic N) is 2. The van der Waals surface area contributed by atoms with E-state index >= 15 is 0 Å². The van der Waals surface area contributed by atoms with E-state index in [0.717, 1.165) is 12.1 Å². The number of benzene rings is 1. The van der Waals surface area contributed by atoms with Crippen molar-refractivity contribution in [3.8, 4) is 5.75 Å². The second-order valence-electron chi connectivity index (χ2n) is 5.59. The second kappa shape index (κ2) is 8.83. The Morgan fingerprint density at radius 2 is 1.79 bits per heavy atom. The minimum Gasteiger partial charge on any atom is -0.430 e. The van der Waals surface area contributed by atoms with Crippen LogP contribution in [0.15, 0.2) is 33.6 Å². The maximum atomic E-state index is 13.4. The molecule has 0 bridgehead atoms. The van der Waals surface area contributed by atoms with Crippen molar-refractivity contribution in [3.63, 3.8) is 0 Å². The minimum atomic E-state index is -4.52. The van der Waals surface area contributed by atoms with Gasteiger partial charge >= 0.3 is 12.1 Å². The van der Waals surface area contributed by atoms with Crippen molar-refractivity contribution >= 4 is 53.9 Å². The van der Waals surface area contributed by atoms with Crippen molar-refractivity contribution in [2.75, 3.05) is 5.32 Å². The maximum absolute atomic E-state index is 13.4. The normalized spacial score (nSPS) is 12.9. The van der Waals surface area contributed by atoms with Crippen LogP contribution in [0.25, 0.3) is 0 Å². The minimum absolute atomic E-state index is 0.0493. The molecule has 29 heavy (non-hydrogen) atoms. The first kappa shape index (κ1) is 23.3. The molecule has 2 amide bonds. The predicted molar refractivity (Wildman–Crippen MR) is 104 cm³/mol. The number of urea groups is 1. The number of rotatable bonds is 6. The van der Waals surface area contributed by atoms with Gasteiger partial charge in [0, 0.05) is 21.9 Å². The van der Waals surface area contributed by atoms with Gasteiger partial charge < -0.3 is 4.74 Å². The first-order valence-electron chi connectivity index (χ1n) is 7.61. The van der Waals surface area contributed by atoms with Crippen LogP contribution in [-0.4, -0.2) is 35.6 Å². The SMILES string of the molecule is Cc1cc(C)nc(NC(=O)NS(=O)(=O)c2cc(OC(F)(F)C(F)Br)ccc2Br)n1. The van der Waals surface area contributed by atoms with Gasteiger partial charge in [-0.25, -0.2) is 32.3 Å². The summed E-state index contributed by atoms with van der Waals surface area (Å²) in [5.41, 5.74) is 1.09. The Morgan fingerprint density at radius 1 is 1.21 bits per heavy atom. The molecule has 0 saturated carbocycles. The first-order valence-corrected chi connectivity index (χ1v) is 10.8. The highest BCUT2D eigenvalue weighted by Crippen LogP contribution is 2.33. The molecule has 0 saturated heterocycles. The molecule has 14 heteroatoms. The Kier molecular flexibility index (Phi) is 7.11. The van der Waals surface area contributed by atoms with E-state index in [1.165, 1.54) is 0 Å². The standard InChI is InChI=1S/C15H13Br2F3N4O4S/c1-7-5-8(2)22-13(21-7)23-14(25)24-29(26,27)11-6-9(3-4-10(11)16)28-15(19,20)12(17)18/h3-6,12H,1-2H3,(H2,21,22,23,24,25). The van der Waals surface area contributed by atoms with Gasteiger partial charge in [0.25, 0.3) is 15.1 Å². The molecule has 0 radical (unpaired) electrons. The fourth-order valence-corrected chi connectivity index (χ4v) is 4.02. The van der Waals surface area contributed by atoms with Crippen LogP contribution in [0.1, 0.15) is 11.4 Å². The van der Waals surface area contributed by atoms with Crippen LogP contribution >= 0.6 is 31.9 Å². The van der Waals surface area contributed by atoms with Gasteiger partial charge in [-0.3, -0.25) is 5.32 Å². The van der Waals surface area contributed by atoms with Crippen molar-refractivity contribution in [2.24, 2.45) is 0 Å². The lowest BCUT2D eigenvalue weighted by Gasteiger charge is -2.18. The fourth-order valence-electron chi connectivity index (χ4n) is 2.04. The molecule has 158 valence electrons. The Labute approximate surface area is 180 Å².